The van der Waals surface area contributed by atoms with E-state index in [1.165, 1.54) is 80.6 Å². The highest BCUT2D eigenvalue weighted by molar-refractivity contribution is 7.99. The number of morpholine rings is 1. The van der Waals surface area contributed by atoms with Crippen LogP contribution in [-0.4, -0.2) is 40.0 Å². The maximum Gasteiger partial charge on any atom is 0.178 e. The van der Waals surface area contributed by atoms with Crippen molar-refractivity contribution in [2.24, 2.45) is 5.41 Å². The summed E-state index contributed by atoms with van der Waals surface area (Å²) in [5, 5.41) is 2.30. The van der Waals surface area contributed by atoms with Gasteiger partial charge < -0.3 is 23.8 Å². The van der Waals surface area contributed by atoms with Crippen molar-refractivity contribution < 1.29 is 18.9 Å². The summed E-state index contributed by atoms with van der Waals surface area (Å²) < 4.78 is 26.1. The molecule has 324 valence electrons. The summed E-state index contributed by atoms with van der Waals surface area (Å²) in [7, 11) is 1.80. The Kier molecular flexibility index (Phi) is 11.1. The molecular formula is C57H61NO4S. The zero-order valence-corrected chi connectivity index (χ0v) is 38.8. The van der Waals surface area contributed by atoms with Gasteiger partial charge in [-0.25, -0.2) is 0 Å². The van der Waals surface area contributed by atoms with Crippen LogP contribution in [0, 0.1) is 19.3 Å². The quantitative estimate of drug-likeness (QED) is 0.129. The van der Waals surface area contributed by atoms with E-state index in [2.05, 4.69) is 155 Å². The summed E-state index contributed by atoms with van der Waals surface area (Å²) in [6.45, 7) is 15.3. The minimum Gasteiger partial charge on any atom is -0.496 e. The number of benzene rings is 6. The van der Waals surface area contributed by atoms with E-state index in [-0.39, 0.29) is 5.41 Å². The van der Waals surface area contributed by atoms with Crippen LogP contribution in [0.4, 0.5) is 5.69 Å². The van der Waals surface area contributed by atoms with E-state index in [0.29, 0.717) is 12.0 Å². The number of nitrogens with zero attached hydrogens (tertiary/aromatic N) is 1. The lowest BCUT2D eigenvalue weighted by molar-refractivity contribution is 0.122. The van der Waals surface area contributed by atoms with Gasteiger partial charge in [-0.05, 0) is 133 Å². The molecule has 6 aromatic rings. The van der Waals surface area contributed by atoms with Gasteiger partial charge in [-0.15, -0.1) is 0 Å². The van der Waals surface area contributed by atoms with Crippen molar-refractivity contribution in [1.29, 1.82) is 0 Å². The van der Waals surface area contributed by atoms with Gasteiger partial charge in [-0.2, -0.15) is 0 Å². The first-order chi connectivity index (χ1) is 30.8. The van der Waals surface area contributed by atoms with E-state index in [1.54, 1.807) is 7.11 Å². The van der Waals surface area contributed by atoms with Crippen molar-refractivity contribution >= 4 is 34.3 Å². The average molecular weight is 856 g/mol. The molecule has 0 bridgehead atoms. The van der Waals surface area contributed by atoms with Crippen molar-refractivity contribution in [3.05, 3.63) is 148 Å². The molecule has 0 aromatic heterocycles. The molecule has 6 heteroatoms. The summed E-state index contributed by atoms with van der Waals surface area (Å²) in [4.78, 5) is 4.80. The molecule has 4 aliphatic rings. The van der Waals surface area contributed by atoms with E-state index in [9.17, 15) is 0 Å². The predicted molar refractivity (Wildman–Crippen MR) is 260 cm³/mol. The highest BCUT2D eigenvalue weighted by atomic mass is 32.2. The Hall–Kier alpha value is -5.17. The Morgan fingerprint density at radius 2 is 1.43 bits per heavy atom. The predicted octanol–water partition coefficient (Wildman–Crippen LogP) is 14.2. The highest BCUT2D eigenvalue weighted by Gasteiger charge is 2.51. The Labute approximate surface area is 378 Å². The largest absolute Gasteiger partial charge is 0.496 e. The summed E-state index contributed by atoms with van der Waals surface area (Å²) in [5.41, 5.74) is 12.1. The third-order valence-corrected chi connectivity index (χ3v) is 16.6. The molecule has 1 saturated carbocycles. The zero-order valence-electron chi connectivity index (χ0n) is 37.9. The van der Waals surface area contributed by atoms with E-state index >= 15 is 0 Å². The van der Waals surface area contributed by atoms with E-state index in [0.717, 1.165) is 84.2 Å². The number of hydrogen-bond acceptors (Lipinski definition) is 6. The number of anilines is 1. The lowest BCUT2D eigenvalue weighted by Gasteiger charge is -2.47. The van der Waals surface area contributed by atoms with Gasteiger partial charge in [0.2, 0.25) is 0 Å². The van der Waals surface area contributed by atoms with Gasteiger partial charge in [0.25, 0.3) is 0 Å². The molecular weight excluding hydrogens is 795 g/mol. The number of hydrogen-bond donors (Lipinski definition) is 0. The first kappa shape index (κ1) is 41.8. The third kappa shape index (κ3) is 6.95. The smallest absolute Gasteiger partial charge is 0.178 e. The number of fused-ring (bicyclic) bond motifs is 10. The molecule has 0 amide bonds. The van der Waals surface area contributed by atoms with Crippen molar-refractivity contribution in [2.45, 2.75) is 100 Å². The first-order valence-electron chi connectivity index (χ1n) is 23.4. The number of rotatable bonds is 11. The van der Waals surface area contributed by atoms with E-state index in [4.69, 9.17) is 18.9 Å². The molecule has 63 heavy (non-hydrogen) atoms. The van der Waals surface area contributed by atoms with Crippen LogP contribution in [0.2, 0.25) is 0 Å². The van der Waals surface area contributed by atoms with Gasteiger partial charge in [-0.3, -0.25) is 0 Å². The van der Waals surface area contributed by atoms with Crippen LogP contribution in [0.1, 0.15) is 105 Å². The van der Waals surface area contributed by atoms with Gasteiger partial charge in [0.05, 0.1) is 31.8 Å². The molecule has 2 aliphatic carbocycles. The molecule has 10 rings (SSSR count). The van der Waals surface area contributed by atoms with Crippen LogP contribution in [0.25, 0.3) is 28.0 Å². The molecule has 2 aliphatic heterocycles. The standard InChI is InChI=1S/C57H61NO4S/c1-7-33-61-43-23-19-41(20-24-43)57(40-17-21-42(22-18-40)58-31-34-60-35-32-58)26-25-45-52-51(44-15-10-11-16-48(44)56(52)29-27-55(8-2,9-3)28-30-56)46-37-50(49(59-6)36-47(46)53(45)62-57)63-54-38(4)13-12-14-39(54)5/h10-26,36-37H,7-9,27-35H2,1-6H3. The second-order valence-electron chi connectivity index (χ2n) is 18.4. The molecule has 0 radical (unpaired) electrons. The van der Waals surface area contributed by atoms with Crippen molar-refractivity contribution in [3.8, 4) is 28.4 Å². The second kappa shape index (κ2) is 16.8. The van der Waals surface area contributed by atoms with Crippen LogP contribution < -0.4 is 19.1 Å². The Balaban J connectivity index is 1.22. The summed E-state index contributed by atoms with van der Waals surface area (Å²) in [6, 6.07) is 38.2. The molecule has 1 spiro atoms. The van der Waals surface area contributed by atoms with Crippen LogP contribution in [0.5, 0.6) is 17.2 Å². The minimum atomic E-state index is -0.912. The Morgan fingerprint density at radius 3 is 2.10 bits per heavy atom. The van der Waals surface area contributed by atoms with Crippen LogP contribution in [0.15, 0.2) is 119 Å². The minimum absolute atomic E-state index is 0.121. The SMILES string of the molecule is CCCOc1ccc(C2(c3ccc(N4CCOCC4)cc3)C=Cc3c4c(c5cc(Sc6c(C)cccc6C)c(OC)cc5c3O2)-c2ccccc2C42CCC(CC)(CC)CC2)cc1. The molecule has 1 atom stereocenters. The molecule has 2 fully saturated rings. The van der Waals surface area contributed by atoms with Gasteiger partial charge in [0, 0.05) is 51.2 Å². The average Bonchev–Trinajstić information content (AvgIpc) is 3.62. The lowest BCUT2D eigenvalue weighted by atomic mass is 9.58. The fourth-order valence-electron chi connectivity index (χ4n) is 11.4. The molecule has 6 aromatic carbocycles. The lowest BCUT2D eigenvalue weighted by Crippen LogP contribution is -2.38. The highest BCUT2D eigenvalue weighted by Crippen LogP contribution is 2.65. The van der Waals surface area contributed by atoms with Crippen LogP contribution in [-0.2, 0) is 15.8 Å². The number of ether oxygens (including phenoxy) is 4. The maximum absolute atomic E-state index is 7.93. The monoisotopic (exact) mass is 855 g/mol. The second-order valence-corrected chi connectivity index (χ2v) is 19.4. The fraction of sp³-hybridized carbons (Fsp3) is 0.368. The van der Waals surface area contributed by atoms with E-state index in [1.807, 2.05) is 11.8 Å². The van der Waals surface area contributed by atoms with Crippen LogP contribution in [0.3, 0.4) is 0 Å². The van der Waals surface area contributed by atoms with Gasteiger partial charge in [-0.1, -0.05) is 118 Å². The Bertz CT molecular complexity index is 2660. The topological polar surface area (TPSA) is 40.2 Å². The van der Waals surface area contributed by atoms with Crippen molar-refractivity contribution in [3.63, 3.8) is 0 Å². The maximum atomic E-state index is 7.93. The normalized spacial score (nSPS) is 19.4. The molecule has 5 nitrogen and oxygen atoms in total. The van der Waals surface area contributed by atoms with Crippen molar-refractivity contribution in [1.82, 2.24) is 0 Å². The van der Waals surface area contributed by atoms with Crippen LogP contribution >= 0.6 is 11.8 Å². The zero-order chi connectivity index (χ0) is 43.3. The molecule has 2 heterocycles. The summed E-state index contributed by atoms with van der Waals surface area (Å²) in [6.07, 6.45) is 12.9. The molecule has 0 N–H and O–H groups in total. The molecule has 1 saturated heterocycles. The number of aryl methyl sites for hydroxylation is 2. The third-order valence-electron chi connectivity index (χ3n) is 15.2. The van der Waals surface area contributed by atoms with E-state index < -0.39 is 5.60 Å². The number of methoxy groups -OCH3 is 1. The van der Waals surface area contributed by atoms with Gasteiger partial charge in [0.15, 0.2) is 5.60 Å². The first-order valence-corrected chi connectivity index (χ1v) is 24.2. The van der Waals surface area contributed by atoms with Gasteiger partial charge in [0.1, 0.15) is 17.2 Å². The fourth-order valence-corrected chi connectivity index (χ4v) is 12.5. The Morgan fingerprint density at radius 1 is 0.746 bits per heavy atom. The summed E-state index contributed by atoms with van der Waals surface area (Å²) >= 11 is 1.81. The molecule has 1 unspecified atom stereocenters. The summed E-state index contributed by atoms with van der Waals surface area (Å²) in [5.74, 6) is 2.64. The van der Waals surface area contributed by atoms with Crippen molar-refractivity contribution in [2.75, 3.05) is 44.9 Å². The van der Waals surface area contributed by atoms with Gasteiger partial charge >= 0.3 is 0 Å².